The van der Waals surface area contributed by atoms with E-state index in [1.54, 1.807) is 28.4 Å². The molecule has 5 heterocycles. The van der Waals surface area contributed by atoms with Gasteiger partial charge in [-0.2, -0.15) is 10.1 Å². The minimum absolute atomic E-state index is 0.241. The Morgan fingerprint density at radius 1 is 1.06 bits per heavy atom. The number of carbonyl (C=O) groups excluding carboxylic acids is 1. The number of nitrogens with zero attached hydrogens (tertiary/aromatic N) is 8. The second-order valence-corrected chi connectivity index (χ2v) is 8.03. The zero-order chi connectivity index (χ0) is 23.9. The van der Waals surface area contributed by atoms with Crippen molar-refractivity contribution < 1.29 is 9.53 Å². The van der Waals surface area contributed by atoms with Crippen LogP contribution < -0.4 is 14.5 Å². The van der Waals surface area contributed by atoms with E-state index in [1.165, 1.54) is 6.33 Å². The molecule has 0 aliphatic carbocycles. The number of aryl methyl sites for hydroxylation is 1. The molecule has 1 aliphatic heterocycles. The maximum Gasteiger partial charge on any atom is 0.335 e. The molecule has 174 valence electrons. The van der Waals surface area contributed by atoms with Gasteiger partial charge in [-0.1, -0.05) is 0 Å². The van der Waals surface area contributed by atoms with E-state index in [-0.39, 0.29) is 6.03 Å². The highest BCUT2D eigenvalue weighted by Crippen LogP contribution is 2.37. The van der Waals surface area contributed by atoms with Crippen molar-refractivity contribution >= 4 is 34.3 Å². The van der Waals surface area contributed by atoms with Crippen LogP contribution in [-0.4, -0.2) is 47.3 Å². The Bertz CT molecular complexity index is 1530. The molecule has 0 bridgehead atoms. The van der Waals surface area contributed by atoms with Crippen molar-refractivity contribution in [2.75, 3.05) is 16.4 Å². The summed E-state index contributed by atoms with van der Waals surface area (Å²) in [5.74, 6) is 1.53. The lowest BCUT2D eigenvalue weighted by Gasteiger charge is -2.36. The van der Waals surface area contributed by atoms with Gasteiger partial charge in [0, 0.05) is 24.4 Å². The number of hydrogen-bond acceptors (Lipinski definition) is 7. The van der Waals surface area contributed by atoms with Crippen LogP contribution in [0.2, 0.25) is 0 Å². The first kappa shape index (κ1) is 20.8. The molecule has 0 saturated heterocycles. The Kier molecular flexibility index (Phi) is 4.87. The monoisotopic (exact) mass is 467 g/mol. The quantitative estimate of drug-likeness (QED) is 0.417. The van der Waals surface area contributed by atoms with E-state index in [4.69, 9.17) is 4.74 Å². The van der Waals surface area contributed by atoms with Crippen LogP contribution in [0.4, 0.5) is 22.0 Å². The lowest BCUT2D eigenvalue weighted by Crippen LogP contribution is -2.45. The number of pyridine rings is 2. The lowest BCUT2D eigenvalue weighted by molar-refractivity contribution is 0.252. The van der Waals surface area contributed by atoms with Gasteiger partial charge in [-0.05, 0) is 43.3 Å². The van der Waals surface area contributed by atoms with Gasteiger partial charge in [0.1, 0.15) is 17.8 Å². The van der Waals surface area contributed by atoms with Crippen LogP contribution >= 0.6 is 0 Å². The van der Waals surface area contributed by atoms with Crippen molar-refractivity contribution in [3.05, 3.63) is 66.9 Å². The molecule has 1 N–H and O–H groups in total. The number of benzene rings is 1. The highest BCUT2D eigenvalue weighted by molar-refractivity contribution is 6.10. The van der Waals surface area contributed by atoms with E-state index in [0.29, 0.717) is 42.1 Å². The molecule has 1 aromatic carbocycles. The highest BCUT2D eigenvalue weighted by atomic mass is 16.5. The minimum Gasteiger partial charge on any atom is -0.478 e. The zero-order valence-electron chi connectivity index (χ0n) is 19.1. The molecule has 0 fully saturated rings. The highest BCUT2D eigenvalue weighted by Gasteiger charge is 2.34. The molecule has 5 aromatic rings. The number of nitrogens with one attached hydrogen (secondary N) is 1. The van der Waals surface area contributed by atoms with Gasteiger partial charge in [-0.25, -0.2) is 19.7 Å². The summed E-state index contributed by atoms with van der Waals surface area (Å²) in [6.45, 7) is 2.74. The van der Waals surface area contributed by atoms with Crippen molar-refractivity contribution in [2.24, 2.45) is 7.05 Å². The molecule has 0 atom stereocenters. The van der Waals surface area contributed by atoms with Crippen molar-refractivity contribution in [1.29, 1.82) is 0 Å². The van der Waals surface area contributed by atoms with Crippen LogP contribution in [0.1, 0.15) is 12.5 Å². The van der Waals surface area contributed by atoms with E-state index >= 15 is 0 Å². The SMILES string of the molecule is CCOc1ccc2c(n1)N(c1ccc(-c3ncn[nH]3)nc1)C(=O)N(c1ccc3ncn(C)c3c1)C2. The largest absolute Gasteiger partial charge is 0.478 e. The van der Waals surface area contributed by atoms with Crippen molar-refractivity contribution in [3.8, 4) is 17.4 Å². The van der Waals surface area contributed by atoms with Gasteiger partial charge in [-0.15, -0.1) is 0 Å². The van der Waals surface area contributed by atoms with Gasteiger partial charge >= 0.3 is 6.03 Å². The van der Waals surface area contributed by atoms with Gasteiger partial charge in [0.15, 0.2) is 5.82 Å². The van der Waals surface area contributed by atoms with E-state index in [1.807, 2.05) is 54.9 Å². The number of rotatable bonds is 5. The number of imidazole rings is 1. The third kappa shape index (κ3) is 3.53. The summed E-state index contributed by atoms with van der Waals surface area (Å²) in [7, 11) is 1.93. The molecular formula is C24H21N9O2. The fourth-order valence-corrected chi connectivity index (χ4v) is 4.16. The normalized spacial score (nSPS) is 13.4. The van der Waals surface area contributed by atoms with Crippen molar-refractivity contribution in [3.63, 3.8) is 0 Å². The number of amides is 2. The molecular weight excluding hydrogens is 446 g/mol. The maximum absolute atomic E-state index is 13.9. The zero-order valence-corrected chi connectivity index (χ0v) is 19.1. The average Bonchev–Trinajstić information content (AvgIpc) is 3.55. The second kappa shape index (κ2) is 8.20. The lowest BCUT2D eigenvalue weighted by atomic mass is 10.1. The summed E-state index contributed by atoms with van der Waals surface area (Å²) in [6.07, 6.45) is 4.81. The van der Waals surface area contributed by atoms with Crippen molar-refractivity contribution in [2.45, 2.75) is 13.5 Å². The van der Waals surface area contributed by atoms with Gasteiger partial charge in [0.25, 0.3) is 0 Å². The van der Waals surface area contributed by atoms with E-state index < -0.39 is 0 Å². The van der Waals surface area contributed by atoms with Gasteiger partial charge in [0.05, 0.1) is 42.4 Å². The summed E-state index contributed by atoms with van der Waals surface area (Å²) in [5, 5.41) is 6.67. The molecule has 0 saturated carbocycles. The van der Waals surface area contributed by atoms with Gasteiger partial charge in [-0.3, -0.25) is 15.0 Å². The molecule has 6 rings (SSSR count). The summed E-state index contributed by atoms with van der Waals surface area (Å²) < 4.78 is 7.55. The molecule has 0 unspecified atom stereocenters. The molecule has 11 heteroatoms. The number of aromatic nitrogens is 7. The summed E-state index contributed by atoms with van der Waals surface area (Å²) in [5.41, 5.74) is 4.65. The Hall–Kier alpha value is -4.80. The van der Waals surface area contributed by atoms with Gasteiger partial charge < -0.3 is 9.30 Å². The van der Waals surface area contributed by atoms with Crippen LogP contribution in [0.5, 0.6) is 5.88 Å². The number of hydrogen-bond donors (Lipinski definition) is 1. The van der Waals surface area contributed by atoms with Crippen LogP contribution in [0.3, 0.4) is 0 Å². The van der Waals surface area contributed by atoms with E-state index in [9.17, 15) is 4.79 Å². The Balaban J connectivity index is 1.45. The second-order valence-electron chi connectivity index (χ2n) is 8.03. The third-order valence-corrected chi connectivity index (χ3v) is 5.87. The van der Waals surface area contributed by atoms with Gasteiger partial charge in [0.2, 0.25) is 5.88 Å². The fraction of sp³-hybridized carbons (Fsp3) is 0.167. The predicted octanol–water partition coefficient (Wildman–Crippen LogP) is 3.83. The standard InChI is InChI=1S/C24H21N9O2/c1-3-35-21-9-4-15-12-32(16-5-7-18-20(10-16)31(2)14-27-18)24(34)33(23(15)29-21)17-6-8-19(25-11-17)22-26-13-28-30-22/h4-11,13-14H,3,12H2,1-2H3,(H,26,28,30). The third-order valence-electron chi connectivity index (χ3n) is 5.87. The molecule has 4 aromatic heterocycles. The van der Waals surface area contributed by atoms with Crippen LogP contribution in [0.25, 0.3) is 22.6 Å². The number of aromatic amines is 1. The Morgan fingerprint density at radius 3 is 2.71 bits per heavy atom. The topological polar surface area (TPSA) is 118 Å². The van der Waals surface area contributed by atoms with E-state index in [2.05, 4.69) is 30.1 Å². The molecule has 0 spiro atoms. The van der Waals surface area contributed by atoms with Crippen LogP contribution in [0, 0.1) is 0 Å². The molecule has 0 radical (unpaired) electrons. The first-order chi connectivity index (χ1) is 17.1. The molecule has 35 heavy (non-hydrogen) atoms. The maximum atomic E-state index is 13.9. The van der Waals surface area contributed by atoms with Crippen molar-refractivity contribution in [1.82, 2.24) is 34.7 Å². The number of ether oxygens (including phenoxy) is 1. The summed E-state index contributed by atoms with van der Waals surface area (Å²) in [4.78, 5) is 34.9. The summed E-state index contributed by atoms with van der Waals surface area (Å²) >= 11 is 0. The fourth-order valence-electron chi connectivity index (χ4n) is 4.16. The predicted molar refractivity (Wildman–Crippen MR) is 129 cm³/mol. The first-order valence-electron chi connectivity index (χ1n) is 11.1. The number of urea groups is 1. The number of H-pyrrole nitrogens is 1. The minimum atomic E-state index is -0.241. The first-order valence-corrected chi connectivity index (χ1v) is 11.1. The summed E-state index contributed by atoms with van der Waals surface area (Å²) in [6, 6.07) is 12.9. The smallest absolute Gasteiger partial charge is 0.335 e. The number of anilines is 3. The number of fused-ring (bicyclic) bond motifs is 2. The number of carbonyl (C=O) groups is 1. The van der Waals surface area contributed by atoms with Crippen LogP contribution in [-0.2, 0) is 13.6 Å². The molecule has 1 aliphatic rings. The van der Waals surface area contributed by atoms with E-state index in [0.717, 1.165) is 22.3 Å². The molecule has 2 amide bonds. The van der Waals surface area contributed by atoms with Crippen LogP contribution in [0.15, 0.2) is 61.3 Å². The Morgan fingerprint density at radius 2 is 1.94 bits per heavy atom. The average molecular weight is 467 g/mol. The Labute approximate surface area is 200 Å². The molecule has 11 nitrogen and oxygen atoms in total.